The molecule has 1 aromatic heterocycles. The van der Waals surface area contributed by atoms with Crippen molar-refractivity contribution in [3.63, 3.8) is 0 Å². The molecular formula is C20H18N4O. The quantitative estimate of drug-likeness (QED) is 0.676. The van der Waals surface area contributed by atoms with Gasteiger partial charge in [0.15, 0.2) is 0 Å². The van der Waals surface area contributed by atoms with Crippen LogP contribution < -0.4 is 4.90 Å². The SMILES string of the molecule is C#Cc1cccc(N(Cc2ccccc2)C(=O)[C@@H](C)n2cncn2)c1. The molecule has 124 valence electrons. The van der Waals surface area contributed by atoms with Crippen molar-refractivity contribution in [2.24, 2.45) is 0 Å². The fraction of sp³-hybridized carbons (Fsp3) is 0.150. The first-order chi connectivity index (χ1) is 12.2. The van der Waals surface area contributed by atoms with Crippen LogP contribution in [0.1, 0.15) is 24.1 Å². The molecule has 0 N–H and O–H groups in total. The van der Waals surface area contributed by atoms with E-state index in [-0.39, 0.29) is 5.91 Å². The molecule has 0 spiro atoms. The second-order valence-electron chi connectivity index (χ2n) is 5.66. The van der Waals surface area contributed by atoms with Gasteiger partial charge in [-0.1, -0.05) is 42.3 Å². The van der Waals surface area contributed by atoms with Crippen molar-refractivity contribution in [1.82, 2.24) is 14.8 Å². The topological polar surface area (TPSA) is 51.0 Å². The highest BCUT2D eigenvalue weighted by molar-refractivity contribution is 5.96. The summed E-state index contributed by atoms with van der Waals surface area (Å²) in [6, 6.07) is 16.8. The number of rotatable bonds is 5. The predicted octanol–water partition coefficient (Wildman–Crippen LogP) is 3.05. The van der Waals surface area contributed by atoms with Crippen LogP contribution in [0.3, 0.4) is 0 Å². The number of carbonyl (C=O) groups is 1. The smallest absolute Gasteiger partial charge is 0.251 e. The third-order valence-corrected chi connectivity index (χ3v) is 3.96. The zero-order chi connectivity index (χ0) is 17.6. The fourth-order valence-corrected chi connectivity index (χ4v) is 2.58. The number of carbonyl (C=O) groups excluding carboxylic acids is 1. The third-order valence-electron chi connectivity index (χ3n) is 3.96. The molecule has 3 rings (SSSR count). The van der Waals surface area contributed by atoms with Crippen LogP contribution in [-0.4, -0.2) is 20.7 Å². The molecule has 1 atom stereocenters. The number of aromatic nitrogens is 3. The maximum Gasteiger partial charge on any atom is 0.251 e. The highest BCUT2D eigenvalue weighted by Crippen LogP contribution is 2.22. The van der Waals surface area contributed by atoms with Crippen molar-refractivity contribution in [2.45, 2.75) is 19.5 Å². The van der Waals surface area contributed by atoms with Crippen molar-refractivity contribution in [3.05, 3.63) is 78.4 Å². The number of terminal acetylenes is 1. The van der Waals surface area contributed by atoms with E-state index in [1.165, 1.54) is 6.33 Å². The molecule has 1 amide bonds. The summed E-state index contributed by atoms with van der Waals surface area (Å²) in [4.78, 5) is 18.8. The first-order valence-corrected chi connectivity index (χ1v) is 7.95. The molecule has 3 aromatic rings. The van der Waals surface area contributed by atoms with Crippen molar-refractivity contribution in [1.29, 1.82) is 0 Å². The summed E-state index contributed by atoms with van der Waals surface area (Å²) in [6.45, 7) is 2.26. The monoisotopic (exact) mass is 330 g/mol. The molecule has 0 aliphatic carbocycles. The first-order valence-electron chi connectivity index (χ1n) is 7.95. The largest absolute Gasteiger partial charge is 0.306 e. The maximum absolute atomic E-state index is 13.1. The third kappa shape index (κ3) is 3.75. The van der Waals surface area contributed by atoms with Crippen LogP contribution >= 0.6 is 0 Å². The zero-order valence-corrected chi connectivity index (χ0v) is 13.9. The standard InChI is InChI=1S/C20H18N4O/c1-3-17-10-7-11-19(12-17)23(13-18-8-5-4-6-9-18)20(25)16(2)24-15-21-14-22-24/h1,4-12,14-16H,13H2,2H3/t16-/m1/s1. The molecule has 5 nitrogen and oxygen atoms in total. The summed E-state index contributed by atoms with van der Waals surface area (Å²) >= 11 is 0. The Bertz CT molecular complexity index is 882. The summed E-state index contributed by atoms with van der Waals surface area (Å²) in [7, 11) is 0. The lowest BCUT2D eigenvalue weighted by molar-refractivity contribution is -0.121. The molecule has 1 heterocycles. The van der Waals surface area contributed by atoms with Gasteiger partial charge in [0.2, 0.25) is 0 Å². The minimum Gasteiger partial charge on any atom is -0.306 e. The van der Waals surface area contributed by atoms with Crippen LogP contribution in [0.15, 0.2) is 67.3 Å². The van der Waals surface area contributed by atoms with Gasteiger partial charge in [-0.3, -0.25) is 4.79 Å². The maximum atomic E-state index is 13.1. The Labute approximate surface area is 146 Å². The lowest BCUT2D eigenvalue weighted by atomic mass is 10.1. The van der Waals surface area contributed by atoms with Crippen molar-refractivity contribution in [3.8, 4) is 12.3 Å². The molecule has 0 radical (unpaired) electrons. The Balaban J connectivity index is 1.96. The number of hydrogen-bond acceptors (Lipinski definition) is 3. The molecule has 2 aromatic carbocycles. The summed E-state index contributed by atoms with van der Waals surface area (Å²) in [6.07, 6.45) is 8.47. The van der Waals surface area contributed by atoms with Gasteiger partial charge in [0, 0.05) is 11.3 Å². The lowest BCUT2D eigenvalue weighted by Crippen LogP contribution is -2.36. The number of nitrogens with zero attached hydrogens (tertiary/aromatic N) is 4. The van der Waals surface area contributed by atoms with Crippen molar-refractivity contribution >= 4 is 11.6 Å². The minimum absolute atomic E-state index is 0.0801. The van der Waals surface area contributed by atoms with E-state index in [4.69, 9.17) is 6.42 Å². The molecule has 25 heavy (non-hydrogen) atoms. The van der Waals surface area contributed by atoms with Gasteiger partial charge in [0.1, 0.15) is 18.7 Å². The number of hydrogen-bond donors (Lipinski definition) is 0. The van der Waals surface area contributed by atoms with Crippen molar-refractivity contribution < 1.29 is 4.79 Å². The average molecular weight is 330 g/mol. The van der Waals surface area contributed by atoms with E-state index >= 15 is 0 Å². The van der Waals surface area contributed by atoms with Gasteiger partial charge in [0.05, 0.1) is 6.54 Å². The number of anilines is 1. The van der Waals surface area contributed by atoms with E-state index in [1.807, 2.05) is 54.6 Å². The summed E-state index contributed by atoms with van der Waals surface area (Å²) in [5.41, 5.74) is 2.53. The van der Waals surface area contributed by atoms with Crippen LogP contribution in [0, 0.1) is 12.3 Å². The van der Waals surface area contributed by atoms with Gasteiger partial charge in [0.25, 0.3) is 5.91 Å². The second kappa shape index (κ2) is 7.45. The van der Waals surface area contributed by atoms with Gasteiger partial charge in [-0.15, -0.1) is 6.42 Å². The number of benzene rings is 2. The van der Waals surface area contributed by atoms with Crippen LogP contribution in [-0.2, 0) is 11.3 Å². The van der Waals surface area contributed by atoms with E-state index in [0.717, 1.165) is 16.8 Å². The van der Waals surface area contributed by atoms with E-state index in [1.54, 1.807) is 22.8 Å². The second-order valence-corrected chi connectivity index (χ2v) is 5.66. The first kappa shape index (κ1) is 16.5. The molecule has 0 bridgehead atoms. The van der Waals surface area contributed by atoms with Gasteiger partial charge >= 0.3 is 0 Å². The van der Waals surface area contributed by atoms with E-state index in [2.05, 4.69) is 16.0 Å². The normalized spacial score (nSPS) is 11.5. The fourth-order valence-electron chi connectivity index (χ4n) is 2.58. The van der Waals surface area contributed by atoms with E-state index < -0.39 is 6.04 Å². The molecule has 0 aliphatic rings. The van der Waals surface area contributed by atoms with Crippen LogP contribution in [0.2, 0.25) is 0 Å². The molecule has 0 saturated heterocycles. The Morgan fingerprint density at radius 1 is 1.24 bits per heavy atom. The summed E-state index contributed by atoms with van der Waals surface area (Å²) in [5, 5.41) is 4.08. The Hall–Kier alpha value is -3.39. The average Bonchev–Trinajstić information content (AvgIpc) is 3.20. The molecule has 0 unspecified atom stereocenters. The molecule has 0 aliphatic heterocycles. The van der Waals surface area contributed by atoms with Crippen LogP contribution in [0.25, 0.3) is 0 Å². The van der Waals surface area contributed by atoms with Gasteiger partial charge in [-0.05, 0) is 30.7 Å². The Morgan fingerprint density at radius 2 is 2.04 bits per heavy atom. The van der Waals surface area contributed by atoms with Gasteiger partial charge in [-0.2, -0.15) is 5.10 Å². The predicted molar refractivity (Wildman–Crippen MR) is 96.7 cm³/mol. The zero-order valence-electron chi connectivity index (χ0n) is 13.9. The minimum atomic E-state index is -0.472. The van der Waals surface area contributed by atoms with Gasteiger partial charge < -0.3 is 4.90 Å². The van der Waals surface area contributed by atoms with E-state index in [9.17, 15) is 4.79 Å². The number of amides is 1. The lowest BCUT2D eigenvalue weighted by Gasteiger charge is -2.26. The van der Waals surface area contributed by atoms with Gasteiger partial charge in [-0.25, -0.2) is 9.67 Å². The summed E-state index contributed by atoms with van der Waals surface area (Å²) < 4.78 is 1.55. The van der Waals surface area contributed by atoms with Crippen LogP contribution in [0.4, 0.5) is 5.69 Å². The molecule has 5 heteroatoms. The highest BCUT2D eigenvalue weighted by atomic mass is 16.2. The van der Waals surface area contributed by atoms with E-state index in [0.29, 0.717) is 6.54 Å². The van der Waals surface area contributed by atoms with Crippen LogP contribution in [0.5, 0.6) is 0 Å². The molecular weight excluding hydrogens is 312 g/mol. The molecule has 0 fully saturated rings. The Morgan fingerprint density at radius 3 is 2.72 bits per heavy atom. The van der Waals surface area contributed by atoms with Crippen molar-refractivity contribution in [2.75, 3.05) is 4.90 Å². The Kier molecular flexibility index (Phi) is 4.91. The summed E-state index contributed by atoms with van der Waals surface area (Å²) in [5.74, 6) is 2.54. The highest BCUT2D eigenvalue weighted by Gasteiger charge is 2.24. The molecule has 0 saturated carbocycles.